The molecule has 3 rings (SSSR count). The maximum atomic E-state index is 13.0. The van der Waals surface area contributed by atoms with Crippen molar-refractivity contribution in [1.82, 2.24) is 9.55 Å². The van der Waals surface area contributed by atoms with Gasteiger partial charge >= 0.3 is 0 Å². The highest BCUT2D eigenvalue weighted by molar-refractivity contribution is 8.00. The molecule has 0 saturated carbocycles. The fourth-order valence-corrected chi connectivity index (χ4v) is 3.44. The quantitative estimate of drug-likeness (QED) is 0.550. The van der Waals surface area contributed by atoms with Crippen LogP contribution in [0, 0.1) is 0 Å². The summed E-state index contributed by atoms with van der Waals surface area (Å²) in [7, 11) is 0. The van der Waals surface area contributed by atoms with E-state index in [0.717, 1.165) is 5.56 Å². The molecule has 0 spiro atoms. The van der Waals surface area contributed by atoms with E-state index in [2.05, 4.69) is 4.98 Å². The summed E-state index contributed by atoms with van der Waals surface area (Å²) < 4.78 is 1.54. The Morgan fingerprint density at radius 2 is 1.92 bits per heavy atom. The van der Waals surface area contributed by atoms with E-state index in [1.807, 2.05) is 24.3 Å². The van der Waals surface area contributed by atoms with Gasteiger partial charge < -0.3 is 5.73 Å². The minimum absolute atomic E-state index is 0.176. The third-order valence-electron chi connectivity index (χ3n) is 3.80. The number of nitrogens with zero attached hydrogens (tertiary/aromatic N) is 2. The summed E-state index contributed by atoms with van der Waals surface area (Å²) in [6.07, 6.45) is 0. The molecule has 2 aromatic carbocycles. The molecule has 7 heteroatoms. The highest BCUT2D eigenvalue weighted by atomic mass is 35.5. The van der Waals surface area contributed by atoms with Crippen LogP contribution in [0.4, 0.5) is 0 Å². The molecule has 0 aliphatic carbocycles. The predicted molar refractivity (Wildman–Crippen MR) is 101 cm³/mol. The molecule has 2 N–H and O–H groups in total. The second-order valence-electron chi connectivity index (χ2n) is 5.56. The van der Waals surface area contributed by atoms with Gasteiger partial charge in [0.05, 0.1) is 22.7 Å². The minimum Gasteiger partial charge on any atom is -0.369 e. The van der Waals surface area contributed by atoms with E-state index in [-0.39, 0.29) is 12.1 Å². The van der Waals surface area contributed by atoms with E-state index in [4.69, 9.17) is 17.3 Å². The van der Waals surface area contributed by atoms with Crippen molar-refractivity contribution in [3.05, 3.63) is 69.5 Å². The first-order chi connectivity index (χ1) is 12.0. The molecular weight excluding hydrogens is 358 g/mol. The number of carbonyl (C=O) groups is 1. The summed E-state index contributed by atoms with van der Waals surface area (Å²) >= 11 is 7.40. The molecule has 1 aromatic heterocycles. The molecule has 0 aliphatic rings. The number of hydrogen-bond acceptors (Lipinski definition) is 4. The lowest BCUT2D eigenvalue weighted by Gasteiger charge is -2.15. The van der Waals surface area contributed by atoms with Crippen molar-refractivity contribution < 1.29 is 4.79 Å². The van der Waals surface area contributed by atoms with E-state index < -0.39 is 11.2 Å². The summed E-state index contributed by atoms with van der Waals surface area (Å²) in [5.41, 5.74) is 6.58. The van der Waals surface area contributed by atoms with Gasteiger partial charge in [0.15, 0.2) is 5.16 Å². The van der Waals surface area contributed by atoms with Gasteiger partial charge in [0, 0.05) is 5.02 Å². The van der Waals surface area contributed by atoms with Crippen molar-refractivity contribution in [3.63, 3.8) is 0 Å². The second kappa shape index (κ2) is 7.29. The Morgan fingerprint density at radius 1 is 1.24 bits per heavy atom. The molecule has 0 bridgehead atoms. The van der Waals surface area contributed by atoms with Gasteiger partial charge in [-0.15, -0.1) is 0 Å². The van der Waals surface area contributed by atoms with Gasteiger partial charge in [-0.25, -0.2) is 4.98 Å². The Hall–Kier alpha value is -2.31. The molecule has 0 saturated heterocycles. The van der Waals surface area contributed by atoms with Crippen LogP contribution < -0.4 is 11.3 Å². The highest BCUT2D eigenvalue weighted by Crippen LogP contribution is 2.24. The smallest absolute Gasteiger partial charge is 0.262 e. The maximum absolute atomic E-state index is 13.0. The zero-order valence-electron chi connectivity index (χ0n) is 13.5. The second-order valence-corrected chi connectivity index (χ2v) is 7.27. The SMILES string of the molecule is C[C@H](Sc1nc2ccccc2c(=O)n1Cc1ccccc1Cl)C(N)=O. The zero-order valence-corrected chi connectivity index (χ0v) is 15.1. The van der Waals surface area contributed by atoms with Crippen molar-refractivity contribution in [2.45, 2.75) is 23.9 Å². The van der Waals surface area contributed by atoms with Crippen LogP contribution in [0.15, 0.2) is 58.5 Å². The maximum Gasteiger partial charge on any atom is 0.262 e. The molecule has 25 heavy (non-hydrogen) atoms. The summed E-state index contributed by atoms with van der Waals surface area (Å²) in [5.74, 6) is -0.461. The fraction of sp³-hybridized carbons (Fsp3) is 0.167. The number of amides is 1. The van der Waals surface area contributed by atoms with E-state index in [0.29, 0.717) is 21.1 Å². The van der Waals surface area contributed by atoms with Crippen molar-refractivity contribution in [1.29, 1.82) is 0 Å². The normalized spacial score (nSPS) is 12.2. The molecule has 5 nitrogen and oxygen atoms in total. The molecule has 0 fully saturated rings. The molecule has 1 heterocycles. The van der Waals surface area contributed by atoms with Crippen LogP contribution in [0.5, 0.6) is 0 Å². The Balaban J connectivity index is 2.16. The van der Waals surface area contributed by atoms with E-state index in [1.54, 1.807) is 31.2 Å². The number of thioether (sulfide) groups is 1. The molecule has 0 radical (unpaired) electrons. The summed E-state index contributed by atoms with van der Waals surface area (Å²) in [5, 5.41) is 1.02. The summed E-state index contributed by atoms with van der Waals surface area (Å²) in [4.78, 5) is 29.0. The molecule has 1 amide bonds. The molecule has 0 unspecified atom stereocenters. The summed E-state index contributed by atoms with van der Waals surface area (Å²) in [6, 6.07) is 14.4. The van der Waals surface area contributed by atoms with Crippen LogP contribution in [0.2, 0.25) is 5.02 Å². The topological polar surface area (TPSA) is 78.0 Å². The molecule has 0 aliphatic heterocycles. The number of nitrogens with two attached hydrogens (primary N) is 1. The number of carbonyl (C=O) groups excluding carboxylic acids is 1. The minimum atomic E-state index is -0.509. The molecular formula is C18H16ClN3O2S. The lowest BCUT2D eigenvalue weighted by molar-refractivity contribution is -0.117. The molecule has 3 aromatic rings. The van der Waals surface area contributed by atoms with Crippen LogP contribution in [0.1, 0.15) is 12.5 Å². The first-order valence-electron chi connectivity index (χ1n) is 7.66. The third kappa shape index (κ3) is 3.70. The van der Waals surface area contributed by atoms with Gasteiger partial charge in [-0.3, -0.25) is 14.2 Å². The van der Waals surface area contributed by atoms with Gasteiger partial charge in [-0.1, -0.05) is 53.7 Å². The lowest BCUT2D eigenvalue weighted by Crippen LogP contribution is -2.27. The van der Waals surface area contributed by atoms with Crippen LogP contribution in [-0.4, -0.2) is 20.7 Å². The van der Waals surface area contributed by atoms with Crippen molar-refractivity contribution in [2.75, 3.05) is 0 Å². The number of rotatable bonds is 5. The summed E-state index contributed by atoms with van der Waals surface area (Å²) in [6.45, 7) is 1.96. The number of para-hydroxylation sites is 1. The number of aromatic nitrogens is 2. The first-order valence-corrected chi connectivity index (χ1v) is 8.92. The standard InChI is InChI=1S/C18H16ClN3O2S/c1-11(16(20)23)25-18-21-15-9-5-3-7-13(15)17(24)22(18)10-12-6-2-4-8-14(12)19/h2-9,11H,10H2,1H3,(H2,20,23)/t11-/m0/s1. The highest BCUT2D eigenvalue weighted by Gasteiger charge is 2.18. The Morgan fingerprint density at radius 3 is 2.64 bits per heavy atom. The van der Waals surface area contributed by atoms with E-state index in [1.165, 1.54) is 16.3 Å². The Bertz CT molecular complexity index is 1000. The third-order valence-corrected chi connectivity index (χ3v) is 5.27. The van der Waals surface area contributed by atoms with E-state index >= 15 is 0 Å². The van der Waals surface area contributed by atoms with Crippen molar-refractivity contribution in [2.24, 2.45) is 5.73 Å². The zero-order chi connectivity index (χ0) is 18.0. The van der Waals surface area contributed by atoms with Gasteiger partial charge in [0.25, 0.3) is 5.56 Å². The fourth-order valence-electron chi connectivity index (χ4n) is 2.39. The molecule has 1 atom stereocenters. The van der Waals surface area contributed by atoms with Gasteiger partial charge in [0.2, 0.25) is 5.91 Å². The Kier molecular flexibility index (Phi) is 5.11. The predicted octanol–water partition coefficient (Wildman–Crippen LogP) is 3.06. The lowest BCUT2D eigenvalue weighted by atomic mass is 10.2. The number of hydrogen-bond donors (Lipinski definition) is 1. The van der Waals surface area contributed by atoms with Crippen LogP contribution >= 0.6 is 23.4 Å². The molecule has 128 valence electrons. The number of fused-ring (bicyclic) bond motifs is 1. The average molecular weight is 374 g/mol. The largest absolute Gasteiger partial charge is 0.369 e. The van der Waals surface area contributed by atoms with Gasteiger partial charge in [0.1, 0.15) is 0 Å². The van der Waals surface area contributed by atoms with Crippen molar-refractivity contribution >= 4 is 40.2 Å². The van der Waals surface area contributed by atoms with Gasteiger partial charge in [-0.05, 0) is 30.7 Å². The number of halogens is 1. The van der Waals surface area contributed by atoms with Crippen molar-refractivity contribution in [3.8, 4) is 0 Å². The van der Waals surface area contributed by atoms with Gasteiger partial charge in [-0.2, -0.15) is 0 Å². The first kappa shape index (κ1) is 17.5. The number of benzene rings is 2. The Labute approximate surface area is 153 Å². The monoisotopic (exact) mass is 373 g/mol. The van der Waals surface area contributed by atoms with Crippen LogP contribution in [0.3, 0.4) is 0 Å². The van der Waals surface area contributed by atoms with E-state index in [9.17, 15) is 9.59 Å². The average Bonchev–Trinajstić information content (AvgIpc) is 2.59. The number of primary amides is 1. The van der Waals surface area contributed by atoms with Crippen LogP contribution in [0.25, 0.3) is 10.9 Å². The van der Waals surface area contributed by atoms with Crippen LogP contribution in [-0.2, 0) is 11.3 Å².